The zero-order chi connectivity index (χ0) is 9.84. The van der Waals surface area contributed by atoms with Gasteiger partial charge in [-0.1, -0.05) is 6.92 Å². The van der Waals surface area contributed by atoms with Gasteiger partial charge in [0.2, 0.25) is 0 Å². The number of hydrogen-bond donors (Lipinski definition) is 0. The van der Waals surface area contributed by atoms with Crippen molar-refractivity contribution in [2.45, 2.75) is 38.7 Å². The molecule has 4 nitrogen and oxygen atoms in total. The normalized spacial score (nSPS) is 23.0. The summed E-state index contributed by atoms with van der Waals surface area (Å²) in [4.78, 5) is 33.0. The summed E-state index contributed by atoms with van der Waals surface area (Å²) in [5.41, 5.74) is 0. The van der Waals surface area contributed by atoms with E-state index < -0.39 is 12.1 Å². The molecule has 1 rings (SSSR count). The van der Waals surface area contributed by atoms with Crippen molar-refractivity contribution in [1.82, 2.24) is 0 Å². The minimum Gasteiger partial charge on any atom is -0.454 e. The van der Waals surface area contributed by atoms with Gasteiger partial charge in [0.05, 0.1) is 6.42 Å². The Morgan fingerprint density at radius 3 is 2.77 bits per heavy atom. The molecule has 0 aliphatic heterocycles. The van der Waals surface area contributed by atoms with Gasteiger partial charge in [0.1, 0.15) is 5.78 Å². The third-order valence-corrected chi connectivity index (χ3v) is 1.98. The summed E-state index contributed by atoms with van der Waals surface area (Å²) in [5, 5.41) is 0. The highest BCUT2D eigenvalue weighted by atomic mass is 16.5. The fraction of sp³-hybridized carbons (Fsp3) is 0.667. The second kappa shape index (κ2) is 4.16. The lowest BCUT2D eigenvalue weighted by molar-refractivity contribution is -0.158. The van der Waals surface area contributed by atoms with Gasteiger partial charge in [-0.25, -0.2) is 0 Å². The molecule has 0 saturated heterocycles. The van der Waals surface area contributed by atoms with Gasteiger partial charge >= 0.3 is 5.97 Å². The number of Topliss-reactive ketones (excluding diaryl/α,β-unsaturated/α-hetero) is 2. The lowest BCUT2D eigenvalue weighted by Crippen LogP contribution is -2.33. The van der Waals surface area contributed by atoms with E-state index in [0.717, 1.165) is 0 Å². The summed E-state index contributed by atoms with van der Waals surface area (Å²) >= 11 is 0. The summed E-state index contributed by atoms with van der Waals surface area (Å²) in [6.45, 7) is 1.65. The van der Waals surface area contributed by atoms with E-state index in [1.165, 1.54) is 0 Å². The van der Waals surface area contributed by atoms with Crippen molar-refractivity contribution in [2.24, 2.45) is 0 Å². The van der Waals surface area contributed by atoms with Gasteiger partial charge in [0.15, 0.2) is 11.9 Å². The molecule has 0 amide bonds. The number of esters is 1. The molecule has 0 aromatic rings. The first-order valence-corrected chi connectivity index (χ1v) is 4.37. The van der Waals surface area contributed by atoms with Crippen molar-refractivity contribution in [3.05, 3.63) is 0 Å². The van der Waals surface area contributed by atoms with E-state index >= 15 is 0 Å². The molecule has 72 valence electrons. The van der Waals surface area contributed by atoms with Crippen LogP contribution in [0.4, 0.5) is 0 Å². The number of ketones is 2. The van der Waals surface area contributed by atoms with Crippen molar-refractivity contribution < 1.29 is 19.1 Å². The van der Waals surface area contributed by atoms with E-state index in [4.69, 9.17) is 4.74 Å². The van der Waals surface area contributed by atoms with E-state index in [-0.39, 0.29) is 30.8 Å². The van der Waals surface area contributed by atoms with Crippen molar-refractivity contribution in [2.75, 3.05) is 0 Å². The molecule has 0 N–H and O–H groups in total. The quantitative estimate of drug-likeness (QED) is 0.590. The minimum atomic E-state index is -0.811. The third kappa shape index (κ3) is 2.65. The molecule has 4 heteroatoms. The van der Waals surface area contributed by atoms with Crippen molar-refractivity contribution in [3.8, 4) is 0 Å². The molecular weight excluding hydrogens is 172 g/mol. The average molecular weight is 184 g/mol. The van der Waals surface area contributed by atoms with E-state index in [2.05, 4.69) is 0 Å². The lowest BCUT2D eigenvalue weighted by atomic mass is 9.95. The van der Waals surface area contributed by atoms with Crippen LogP contribution >= 0.6 is 0 Å². The smallest absolute Gasteiger partial charge is 0.306 e. The molecule has 0 heterocycles. The summed E-state index contributed by atoms with van der Waals surface area (Å²) in [7, 11) is 0. The second-order valence-corrected chi connectivity index (χ2v) is 3.04. The van der Waals surface area contributed by atoms with Gasteiger partial charge in [0, 0.05) is 19.3 Å². The van der Waals surface area contributed by atoms with Crippen LogP contribution in [-0.2, 0) is 19.1 Å². The Morgan fingerprint density at radius 2 is 2.15 bits per heavy atom. The molecule has 1 unspecified atom stereocenters. The Kier molecular flexibility index (Phi) is 3.17. The number of rotatable bonds is 2. The maximum Gasteiger partial charge on any atom is 0.306 e. The predicted octanol–water partition coefficient (Wildman–Crippen LogP) is 0.630. The zero-order valence-corrected chi connectivity index (χ0v) is 7.54. The largest absolute Gasteiger partial charge is 0.454 e. The number of hydrogen-bond acceptors (Lipinski definition) is 4. The first kappa shape index (κ1) is 9.89. The maximum atomic E-state index is 11.2. The van der Waals surface area contributed by atoms with E-state index in [0.29, 0.717) is 6.42 Å². The highest BCUT2D eigenvalue weighted by molar-refractivity contribution is 5.97. The molecule has 1 aliphatic rings. The van der Waals surface area contributed by atoms with Gasteiger partial charge in [-0.05, 0) is 0 Å². The van der Waals surface area contributed by atoms with E-state index in [1.54, 1.807) is 6.92 Å². The SMILES string of the molecule is CCC(=O)OC1CC(=O)CCC1=O. The molecule has 0 aromatic carbocycles. The molecule has 1 atom stereocenters. The van der Waals surface area contributed by atoms with Crippen LogP contribution in [-0.4, -0.2) is 23.6 Å². The van der Waals surface area contributed by atoms with E-state index in [9.17, 15) is 14.4 Å². The van der Waals surface area contributed by atoms with Crippen molar-refractivity contribution in [1.29, 1.82) is 0 Å². The highest BCUT2D eigenvalue weighted by Gasteiger charge is 2.29. The van der Waals surface area contributed by atoms with Crippen LogP contribution in [0.1, 0.15) is 32.6 Å². The summed E-state index contributed by atoms with van der Waals surface area (Å²) in [5.74, 6) is -0.567. The van der Waals surface area contributed by atoms with Gasteiger partial charge < -0.3 is 4.74 Å². The molecule has 1 saturated carbocycles. The lowest BCUT2D eigenvalue weighted by Gasteiger charge is -2.19. The molecule has 0 radical (unpaired) electrons. The van der Waals surface area contributed by atoms with Gasteiger partial charge in [-0.3, -0.25) is 14.4 Å². The molecular formula is C9H12O4. The Bertz CT molecular complexity index is 244. The third-order valence-electron chi connectivity index (χ3n) is 1.98. The van der Waals surface area contributed by atoms with Crippen LogP contribution < -0.4 is 0 Å². The number of carbonyl (C=O) groups excluding carboxylic acids is 3. The average Bonchev–Trinajstić information content (AvgIpc) is 2.11. The van der Waals surface area contributed by atoms with Crippen molar-refractivity contribution in [3.63, 3.8) is 0 Å². The van der Waals surface area contributed by atoms with Gasteiger partial charge in [0.25, 0.3) is 0 Å². The molecule has 0 spiro atoms. The first-order chi connectivity index (χ1) is 6.13. The van der Waals surface area contributed by atoms with Crippen LogP contribution in [0.2, 0.25) is 0 Å². The Morgan fingerprint density at radius 1 is 1.46 bits per heavy atom. The molecule has 0 aromatic heterocycles. The van der Waals surface area contributed by atoms with Gasteiger partial charge in [-0.2, -0.15) is 0 Å². The number of carbonyl (C=O) groups is 3. The fourth-order valence-corrected chi connectivity index (χ4v) is 1.20. The van der Waals surface area contributed by atoms with Crippen LogP contribution in [0.5, 0.6) is 0 Å². The Balaban J connectivity index is 2.51. The molecule has 13 heavy (non-hydrogen) atoms. The minimum absolute atomic E-state index is 0.00602. The summed E-state index contributed by atoms with van der Waals surface area (Å²) in [6.07, 6.45) is -0.0177. The number of ether oxygens (including phenoxy) is 1. The molecule has 1 fully saturated rings. The fourth-order valence-electron chi connectivity index (χ4n) is 1.20. The molecule has 0 bridgehead atoms. The highest BCUT2D eigenvalue weighted by Crippen LogP contribution is 2.15. The van der Waals surface area contributed by atoms with E-state index in [1.807, 2.05) is 0 Å². The van der Waals surface area contributed by atoms with Crippen molar-refractivity contribution >= 4 is 17.5 Å². The predicted molar refractivity (Wildman–Crippen MR) is 44.0 cm³/mol. The standard InChI is InChI=1S/C9H12O4/c1-2-9(12)13-8-5-6(10)3-4-7(8)11/h8H,2-5H2,1H3. The van der Waals surface area contributed by atoms with Crippen LogP contribution in [0.3, 0.4) is 0 Å². The molecule has 1 aliphatic carbocycles. The van der Waals surface area contributed by atoms with Crippen LogP contribution in [0, 0.1) is 0 Å². The van der Waals surface area contributed by atoms with Crippen LogP contribution in [0.15, 0.2) is 0 Å². The second-order valence-electron chi connectivity index (χ2n) is 3.04. The zero-order valence-electron chi connectivity index (χ0n) is 7.54. The summed E-state index contributed by atoms with van der Waals surface area (Å²) in [6, 6.07) is 0. The Labute approximate surface area is 76.3 Å². The van der Waals surface area contributed by atoms with Crippen LogP contribution in [0.25, 0.3) is 0 Å². The maximum absolute atomic E-state index is 11.2. The Hall–Kier alpha value is -1.19. The summed E-state index contributed by atoms with van der Waals surface area (Å²) < 4.78 is 4.81. The monoisotopic (exact) mass is 184 g/mol. The van der Waals surface area contributed by atoms with Gasteiger partial charge in [-0.15, -0.1) is 0 Å². The topological polar surface area (TPSA) is 60.4 Å². The first-order valence-electron chi connectivity index (χ1n) is 4.37.